The first-order valence-electron chi connectivity index (χ1n) is 12.2. The molecular formula is C29H32Cl2N2O3. The molecule has 0 aliphatic heterocycles. The van der Waals surface area contributed by atoms with Crippen molar-refractivity contribution in [1.29, 1.82) is 0 Å². The largest absolute Gasteiger partial charge is 0.484 e. The van der Waals surface area contributed by atoms with E-state index in [1.807, 2.05) is 61.5 Å². The van der Waals surface area contributed by atoms with Gasteiger partial charge in [-0.25, -0.2) is 0 Å². The summed E-state index contributed by atoms with van der Waals surface area (Å²) in [4.78, 5) is 28.5. The molecule has 0 spiro atoms. The van der Waals surface area contributed by atoms with Crippen molar-refractivity contribution in [1.82, 2.24) is 10.2 Å². The Balaban J connectivity index is 1.90. The monoisotopic (exact) mass is 526 g/mol. The maximum absolute atomic E-state index is 13.6. The minimum absolute atomic E-state index is 0.143. The average molecular weight is 527 g/mol. The molecule has 3 aromatic carbocycles. The first-order chi connectivity index (χ1) is 17.4. The van der Waals surface area contributed by atoms with Crippen molar-refractivity contribution >= 4 is 35.0 Å². The maximum atomic E-state index is 13.6. The van der Waals surface area contributed by atoms with Gasteiger partial charge < -0.3 is 15.0 Å². The van der Waals surface area contributed by atoms with Crippen LogP contribution in [0.2, 0.25) is 10.0 Å². The second kappa shape index (κ2) is 13.9. The predicted octanol–water partition coefficient (Wildman–Crippen LogP) is 6.10. The zero-order valence-corrected chi connectivity index (χ0v) is 22.2. The molecule has 190 valence electrons. The van der Waals surface area contributed by atoms with E-state index in [2.05, 4.69) is 12.2 Å². The van der Waals surface area contributed by atoms with Gasteiger partial charge in [0.1, 0.15) is 11.8 Å². The van der Waals surface area contributed by atoms with Gasteiger partial charge in [0.2, 0.25) is 5.91 Å². The summed E-state index contributed by atoms with van der Waals surface area (Å²) in [6, 6.07) is 21.7. The predicted molar refractivity (Wildman–Crippen MR) is 146 cm³/mol. The zero-order valence-electron chi connectivity index (χ0n) is 20.7. The van der Waals surface area contributed by atoms with Gasteiger partial charge in [-0.15, -0.1) is 0 Å². The van der Waals surface area contributed by atoms with Crippen molar-refractivity contribution in [3.05, 3.63) is 99.5 Å². The maximum Gasteiger partial charge on any atom is 0.261 e. The molecule has 0 heterocycles. The van der Waals surface area contributed by atoms with Crippen molar-refractivity contribution in [2.24, 2.45) is 0 Å². The topological polar surface area (TPSA) is 58.6 Å². The number of aryl methyl sites for hydroxylation is 1. The molecule has 2 amide bonds. The summed E-state index contributed by atoms with van der Waals surface area (Å²) in [6.45, 7) is 4.53. The van der Waals surface area contributed by atoms with Gasteiger partial charge >= 0.3 is 0 Å². The first-order valence-corrected chi connectivity index (χ1v) is 12.9. The van der Waals surface area contributed by atoms with Crippen LogP contribution < -0.4 is 10.1 Å². The summed E-state index contributed by atoms with van der Waals surface area (Å²) in [5.41, 5.74) is 2.83. The number of amides is 2. The van der Waals surface area contributed by atoms with E-state index in [1.54, 1.807) is 23.1 Å². The Labute approximate surface area is 223 Å². The zero-order chi connectivity index (χ0) is 25.9. The third-order valence-corrected chi connectivity index (χ3v) is 6.46. The van der Waals surface area contributed by atoms with Gasteiger partial charge in [0.15, 0.2) is 6.61 Å². The van der Waals surface area contributed by atoms with Gasteiger partial charge in [-0.3, -0.25) is 9.59 Å². The molecule has 3 rings (SSSR count). The highest BCUT2D eigenvalue weighted by Crippen LogP contribution is 2.24. The lowest BCUT2D eigenvalue weighted by Gasteiger charge is -2.31. The molecular weight excluding hydrogens is 495 g/mol. The Morgan fingerprint density at radius 3 is 2.31 bits per heavy atom. The van der Waals surface area contributed by atoms with Crippen LogP contribution in [0.15, 0.2) is 72.8 Å². The molecule has 5 nitrogen and oxygen atoms in total. The van der Waals surface area contributed by atoms with Gasteiger partial charge in [0.05, 0.1) is 0 Å². The van der Waals surface area contributed by atoms with Gasteiger partial charge in [0, 0.05) is 29.6 Å². The third kappa shape index (κ3) is 8.00. The number of halogens is 2. The Morgan fingerprint density at radius 1 is 0.944 bits per heavy atom. The number of benzene rings is 3. The highest BCUT2D eigenvalue weighted by atomic mass is 35.5. The minimum atomic E-state index is -0.746. The number of ether oxygens (including phenoxy) is 1. The van der Waals surface area contributed by atoms with Crippen molar-refractivity contribution in [2.45, 2.75) is 45.7 Å². The number of hydrogen-bond donors (Lipinski definition) is 1. The number of rotatable bonds is 12. The summed E-state index contributed by atoms with van der Waals surface area (Å²) in [7, 11) is 0. The fraction of sp³-hybridized carbons (Fsp3) is 0.310. The van der Waals surface area contributed by atoms with E-state index in [0.29, 0.717) is 34.3 Å². The molecule has 0 fully saturated rings. The van der Waals surface area contributed by atoms with Crippen LogP contribution in [0.3, 0.4) is 0 Å². The van der Waals surface area contributed by atoms with Crippen LogP contribution in [0, 0.1) is 0 Å². The van der Waals surface area contributed by atoms with Crippen molar-refractivity contribution in [3.8, 4) is 5.75 Å². The van der Waals surface area contributed by atoms with E-state index < -0.39 is 6.04 Å². The highest BCUT2D eigenvalue weighted by molar-refractivity contribution is 6.35. The summed E-state index contributed by atoms with van der Waals surface area (Å²) in [5, 5.41) is 3.89. The van der Waals surface area contributed by atoms with Gasteiger partial charge in [0.25, 0.3) is 5.91 Å². The Hall–Kier alpha value is -3.02. The van der Waals surface area contributed by atoms with Crippen LogP contribution in [-0.2, 0) is 29.0 Å². The van der Waals surface area contributed by atoms with Crippen LogP contribution in [0.1, 0.15) is 37.0 Å². The van der Waals surface area contributed by atoms with Crippen LogP contribution in [0.5, 0.6) is 5.75 Å². The van der Waals surface area contributed by atoms with Crippen molar-refractivity contribution < 1.29 is 14.3 Å². The number of carbonyl (C=O) groups is 2. The molecule has 0 saturated heterocycles. The molecule has 36 heavy (non-hydrogen) atoms. The molecule has 0 aliphatic carbocycles. The van der Waals surface area contributed by atoms with Crippen LogP contribution >= 0.6 is 23.2 Å². The smallest absolute Gasteiger partial charge is 0.261 e. The molecule has 1 atom stereocenters. The van der Waals surface area contributed by atoms with Crippen molar-refractivity contribution in [3.63, 3.8) is 0 Å². The molecule has 1 N–H and O–H groups in total. The van der Waals surface area contributed by atoms with Gasteiger partial charge in [-0.1, -0.05) is 85.6 Å². The normalized spacial score (nSPS) is 11.6. The van der Waals surface area contributed by atoms with E-state index in [4.69, 9.17) is 27.9 Å². The quantitative estimate of drug-likeness (QED) is 0.310. The Bertz CT molecular complexity index is 1140. The van der Waals surface area contributed by atoms with E-state index >= 15 is 0 Å². The second-order valence-electron chi connectivity index (χ2n) is 8.54. The van der Waals surface area contributed by atoms with Crippen LogP contribution in [0.4, 0.5) is 0 Å². The lowest BCUT2D eigenvalue weighted by Crippen LogP contribution is -2.51. The lowest BCUT2D eigenvalue weighted by molar-refractivity contribution is -0.142. The summed E-state index contributed by atoms with van der Waals surface area (Å²) >= 11 is 12.5. The molecule has 0 radical (unpaired) electrons. The second-order valence-corrected chi connectivity index (χ2v) is 9.38. The van der Waals surface area contributed by atoms with Gasteiger partial charge in [-0.2, -0.15) is 0 Å². The molecule has 0 saturated carbocycles. The Kier molecular flexibility index (Phi) is 10.6. The summed E-state index contributed by atoms with van der Waals surface area (Å²) < 4.78 is 5.82. The van der Waals surface area contributed by atoms with E-state index in [9.17, 15) is 9.59 Å². The lowest BCUT2D eigenvalue weighted by atomic mass is 10.0. The average Bonchev–Trinajstić information content (AvgIpc) is 2.89. The molecule has 0 aromatic heterocycles. The van der Waals surface area contributed by atoms with E-state index in [1.165, 1.54) is 5.56 Å². The SMILES string of the molecule is CCCNC(=O)[C@@H](Cc1ccccc1)N(Cc1ccc(Cl)cc1Cl)C(=O)COc1ccc(CC)cc1. The number of hydrogen-bond acceptors (Lipinski definition) is 3. The minimum Gasteiger partial charge on any atom is -0.484 e. The number of carbonyl (C=O) groups excluding carboxylic acids is 2. The molecule has 7 heteroatoms. The molecule has 0 unspecified atom stereocenters. The number of nitrogens with zero attached hydrogens (tertiary/aromatic N) is 1. The van der Waals surface area contributed by atoms with Gasteiger partial charge in [-0.05, 0) is 53.8 Å². The van der Waals surface area contributed by atoms with E-state index in [0.717, 1.165) is 18.4 Å². The van der Waals surface area contributed by atoms with Crippen molar-refractivity contribution in [2.75, 3.05) is 13.2 Å². The Morgan fingerprint density at radius 2 is 1.67 bits per heavy atom. The third-order valence-electron chi connectivity index (χ3n) is 5.87. The highest BCUT2D eigenvalue weighted by Gasteiger charge is 2.31. The van der Waals surface area contributed by atoms with Crippen LogP contribution in [-0.4, -0.2) is 35.9 Å². The summed E-state index contributed by atoms with van der Waals surface area (Å²) in [5.74, 6) is 0.0691. The fourth-order valence-electron chi connectivity index (χ4n) is 3.80. The number of nitrogens with one attached hydrogen (secondary N) is 1. The fourth-order valence-corrected chi connectivity index (χ4v) is 4.27. The standard InChI is InChI=1S/C29H32Cl2N2O3/c1-3-16-32-29(35)27(17-22-8-6-5-7-9-22)33(19-23-12-13-24(30)18-26(23)31)28(34)20-36-25-14-10-21(4-2)11-15-25/h5-15,18,27H,3-4,16-17,19-20H2,1-2H3,(H,32,35)/t27-/m1/s1. The molecule has 0 aliphatic rings. The van der Waals surface area contributed by atoms with E-state index in [-0.39, 0.29) is 25.0 Å². The van der Waals surface area contributed by atoms with Crippen LogP contribution in [0.25, 0.3) is 0 Å². The summed E-state index contributed by atoms with van der Waals surface area (Å²) in [6.07, 6.45) is 2.07. The molecule has 3 aromatic rings. The first kappa shape index (κ1) is 27.6. The molecule has 0 bridgehead atoms.